The second-order valence-electron chi connectivity index (χ2n) is 4.73. The van der Waals surface area contributed by atoms with Crippen molar-refractivity contribution in [2.24, 2.45) is 0 Å². The Bertz CT molecular complexity index is 486. The highest BCUT2D eigenvalue weighted by Gasteiger charge is 1.93. The molecule has 1 aromatic carbocycles. The molecule has 2 aromatic rings. The number of aromatic nitrogens is 2. The van der Waals surface area contributed by atoms with Gasteiger partial charge in [0.05, 0.1) is 6.33 Å². The van der Waals surface area contributed by atoms with Gasteiger partial charge in [-0.1, -0.05) is 42.0 Å². The minimum Gasteiger partial charge on any atom is -0.337 e. The van der Waals surface area contributed by atoms with Crippen LogP contribution < -0.4 is 5.32 Å². The van der Waals surface area contributed by atoms with Crippen molar-refractivity contribution in [3.63, 3.8) is 0 Å². The fraction of sp³-hybridized carbons (Fsp3) is 0.312. The average molecular weight is 255 g/mol. The Kier molecular flexibility index (Phi) is 5.38. The number of hydrogen-bond acceptors (Lipinski definition) is 2. The molecule has 0 aliphatic heterocycles. The molecule has 0 radical (unpaired) electrons. The van der Waals surface area contributed by atoms with Gasteiger partial charge in [-0.3, -0.25) is 0 Å². The highest BCUT2D eigenvalue weighted by atomic mass is 15.0. The van der Waals surface area contributed by atoms with E-state index in [0.717, 1.165) is 26.1 Å². The van der Waals surface area contributed by atoms with E-state index in [0.29, 0.717) is 0 Å². The van der Waals surface area contributed by atoms with Gasteiger partial charge in [0, 0.05) is 25.5 Å². The van der Waals surface area contributed by atoms with Crippen LogP contribution in [0.25, 0.3) is 6.08 Å². The number of hydrogen-bond donors (Lipinski definition) is 1. The average Bonchev–Trinajstić information content (AvgIpc) is 2.92. The Balaban J connectivity index is 1.64. The zero-order valence-electron chi connectivity index (χ0n) is 11.4. The zero-order valence-corrected chi connectivity index (χ0v) is 11.4. The molecule has 0 unspecified atom stereocenters. The lowest BCUT2D eigenvalue weighted by Crippen LogP contribution is -2.18. The molecule has 100 valence electrons. The van der Waals surface area contributed by atoms with Crippen LogP contribution in [0.15, 0.2) is 54.6 Å². The first-order chi connectivity index (χ1) is 9.34. The number of benzene rings is 1. The molecule has 0 fully saturated rings. The first kappa shape index (κ1) is 13.6. The molecule has 0 bridgehead atoms. The molecular weight excluding hydrogens is 234 g/mol. The summed E-state index contributed by atoms with van der Waals surface area (Å²) in [7, 11) is 0. The first-order valence-corrected chi connectivity index (χ1v) is 6.73. The number of imidazole rings is 1. The molecule has 0 atom stereocenters. The summed E-state index contributed by atoms with van der Waals surface area (Å²) in [5.74, 6) is 0. The molecule has 0 saturated carbocycles. The molecule has 1 aromatic heterocycles. The summed E-state index contributed by atoms with van der Waals surface area (Å²) in [6.07, 6.45) is 9.03. The first-order valence-electron chi connectivity index (χ1n) is 6.73. The van der Waals surface area contributed by atoms with Gasteiger partial charge in [0.15, 0.2) is 0 Å². The highest BCUT2D eigenvalue weighted by Crippen LogP contribution is 2.05. The van der Waals surface area contributed by atoms with E-state index >= 15 is 0 Å². The van der Waals surface area contributed by atoms with Gasteiger partial charge in [-0.15, -0.1) is 0 Å². The van der Waals surface area contributed by atoms with E-state index in [1.807, 2.05) is 24.8 Å². The van der Waals surface area contributed by atoms with Crippen molar-refractivity contribution >= 4 is 6.08 Å². The third-order valence-corrected chi connectivity index (χ3v) is 2.95. The predicted molar refractivity (Wildman–Crippen MR) is 79.8 cm³/mol. The second kappa shape index (κ2) is 7.54. The van der Waals surface area contributed by atoms with E-state index < -0.39 is 0 Å². The van der Waals surface area contributed by atoms with Crippen molar-refractivity contribution in [2.75, 3.05) is 13.1 Å². The Morgan fingerprint density at radius 3 is 2.89 bits per heavy atom. The van der Waals surface area contributed by atoms with Crippen LogP contribution in [-0.2, 0) is 6.54 Å². The molecule has 1 heterocycles. The molecular formula is C16H21N3. The SMILES string of the molecule is C/C(=C/c1ccccc1)CNCCCn1ccnc1. The minimum absolute atomic E-state index is 0.943. The lowest BCUT2D eigenvalue weighted by atomic mass is 10.1. The Hall–Kier alpha value is -1.87. The van der Waals surface area contributed by atoms with Crippen LogP contribution in [0.2, 0.25) is 0 Å². The number of aryl methyl sites for hydroxylation is 1. The molecule has 0 aliphatic rings. The molecule has 0 spiro atoms. The summed E-state index contributed by atoms with van der Waals surface area (Å²) in [4.78, 5) is 4.03. The van der Waals surface area contributed by atoms with Gasteiger partial charge >= 0.3 is 0 Å². The molecule has 0 aliphatic carbocycles. The predicted octanol–water partition coefficient (Wildman–Crippen LogP) is 2.97. The van der Waals surface area contributed by atoms with Crippen molar-refractivity contribution in [3.8, 4) is 0 Å². The molecule has 3 nitrogen and oxygen atoms in total. The van der Waals surface area contributed by atoms with Crippen LogP contribution in [0, 0.1) is 0 Å². The second-order valence-corrected chi connectivity index (χ2v) is 4.73. The monoisotopic (exact) mass is 255 g/mol. The fourth-order valence-corrected chi connectivity index (χ4v) is 1.98. The van der Waals surface area contributed by atoms with Crippen LogP contribution >= 0.6 is 0 Å². The summed E-state index contributed by atoms with van der Waals surface area (Å²) >= 11 is 0. The number of nitrogens with one attached hydrogen (secondary N) is 1. The lowest BCUT2D eigenvalue weighted by molar-refractivity contribution is 0.596. The van der Waals surface area contributed by atoms with E-state index in [2.05, 4.69) is 52.1 Å². The lowest BCUT2D eigenvalue weighted by Gasteiger charge is -2.06. The van der Waals surface area contributed by atoms with Gasteiger partial charge < -0.3 is 9.88 Å². The molecule has 1 N–H and O–H groups in total. The van der Waals surface area contributed by atoms with E-state index in [4.69, 9.17) is 0 Å². The quantitative estimate of drug-likeness (QED) is 0.771. The van der Waals surface area contributed by atoms with Crippen LogP contribution in [-0.4, -0.2) is 22.6 Å². The van der Waals surface area contributed by atoms with E-state index in [1.165, 1.54) is 11.1 Å². The largest absolute Gasteiger partial charge is 0.337 e. The van der Waals surface area contributed by atoms with Crippen molar-refractivity contribution in [1.29, 1.82) is 0 Å². The van der Waals surface area contributed by atoms with Crippen LogP contribution in [0.1, 0.15) is 18.9 Å². The standard InChI is InChI=1S/C16H21N3/c1-15(12-16-6-3-2-4-7-16)13-17-8-5-10-19-11-9-18-14-19/h2-4,6-7,9,11-12,14,17H,5,8,10,13H2,1H3/b15-12-. The Morgan fingerprint density at radius 1 is 1.32 bits per heavy atom. The van der Waals surface area contributed by atoms with E-state index in [-0.39, 0.29) is 0 Å². The fourth-order valence-electron chi connectivity index (χ4n) is 1.98. The van der Waals surface area contributed by atoms with Gasteiger partial charge in [-0.25, -0.2) is 4.98 Å². The highest BCUT2D eigenvalue weighted by molar-refractivity contribution is 5.52. The van der Waals surface area contributed by atoms with Gasteiger partial charge in [0.2, 0.25) is 0 Å². The molecule has 0 saturated heterocycles. The Labute approximate surface area is 115 Å². The van der Waals surface area contributed by atoms with Crippen LogP contribution in [0.3, 0.4) is 0 Å². The smallest absolute Gasteiger partial charge is 0.0945 e. The number of rotatable bonds is 7. The van der Waals surface area contributed by atoms with Gasteiger partial charge in [0.1, 0.15) is 0 Å². The third-order valence-electron chi connectivity index (χ3n) is 2.95. The maximum Gasteiger partial charge on any atom is 0.0945 e. The van der Waals surface area contributed by atoms with Gasteiger partial charge in [-0.05, 0) is 25.5 Å². The van der Waals surface area contributed by atoms with Gasteiger partial charge in [-0.2, -0.15) is 0 Å². The number of nitrogens with zero attached hydrogens (tertiary/aromatic N) is 2. The summed E-state index contributed by atoms with van der Waals surface area (Å²) in [6.45, 7) is 5.15. The topological polar surface area (TPSA) is 29.9 Å². The van der Waals surface area contributed by atoms with Crippen LogP contribution in [0.4, 0.5) is 0 Å². The van der Waals surface area contributed by atoms with E-state index in [1.54, 1.807) is 0 Å². The van der Waals surface area contributed by atoms with Crippen molar-refractivity contribution in [2.45, 2.75) is 19.9 Å². The summed E-state index contributed by atoms with van der Waals surface area (Å²) in [5, 5.41) is 3.47. The molecule has 0 amide bonds. The van der Waals surface area contributed by atoms with Crippen molar-refractivity contribution in [3.05, 3.63) is 60.2 Å². The van der Waals surface area contributed by atoms with Crippen LogP contribution in [0.5, 0.6) is 0 Å². The molecule has 19 heavy (non-hydrogen) atoms. The van der Waals surface area contributed by atoms with Crippen molar-refractivity contribution < 1.29 is 0 Å². The summed E-state index contributed by atoms with van der Waals surface area (Å²) < 4.78 is 2.11. The molecule has 3 heteroatoms. The maximum atomic E-state index is 4.03. The van der Waals surface area contributed by atoms with Gasteiger partial charge in [0.25, 0.3) is 0 Å². The van der Waals surface area contributed by atoms with E-state index in [9.17, 15) is 0 Å². The summed E-state index contributed by atoms with van der Waals surface area (Å²) in [5.41, 5.74) is 2.62. The Morgan fingerprint density at radius 2 is 2.16 bits per heavy atom. The molecule has 2 rings (SSSR count). The third kappa shape index (κ3) is 5.10. The normalized spacial score (nSPS) is 11.7. The maximum absolute atomic E-state index is 4.03. The summed E-state index contributed by atoms with van der Waals surface area (Å²) in [6, 6.07) is 10.4. The zero-order chi connectivity index (χ0) is 13.3. The minimum atomic E-state index is 0.943. The van der Waals surface area contributed by atoms with Crippen molar-refractivity contribution in [1.82, 2.24) is 14.9 Å².